The average molecular weight is 287 g/mol. The second-order valence-electron chi connectivity index (χ2n) is 4.68. The monoisotopic (exact) mass is 286 g/mol. The molecule has 1 fully saturated rings. The van der Waals surface area contributed by atoms with E-state index in [9.17, 15) is 0 Å². The quantitative estimate of drug-likeness (QED) is 0.814. The van der Waals surface area contributed by atoms with Crippen molar-refractivity contribution in [3.8, 4) is 0 Å². The van der Waals surface area contributed by atoms with Gasteiger partial charge in [-0.25, -0.2) is 0 Å². The summed E-state index contributed by atoms with van der Waals surface area (Å²) in [6.07, 6.45) is 4.40. The third kappa shape index (κ3) is 2.01. The molecule has 2 unspecified atom stereocenters. The predicted octanol–water partition coefficient (Wildman–Crippen LogP) is 2.62. The maximum absolute atomic E-state index is 5.98. The first-order valence-electron chi connectivity index (χ1n) is 5.67. The molecule has 3 rings (SSSR count). The first-order valence-corrected chi connectivity index (χ1v) is 6.43. The lowest BCUT2D eigenvalue weighted by Crippen LogP contribution is -1.97. The molecule has 2 aromatic rings. The first-order chi connectivity index (χ1) is 8.47. The number of aromatic nitrogens is 4. The first kappa shape index (κ1) is 12.0. The van der Waals surface area contributed by atoms with Crippen molar-refractivity contribution in [2.75, 3.05) is 0 Å². The number of nitrogens with zero attached hydrogens (tertiary/aromatic N) is 4. The van der Waals surface area contributed by atoms with E-state index in [1.54, 1.807) is 10.9 Å². The second kappa shape index (κ2) is 3.96. The fraction of sp³-hybridized carbons (Fsp3) is 0.545. The molecular weight excluding hydrogens is 275 g/mol. The zero-order chi connectivity index (χ0) is 12.9. The van der Waals surface area contributed by atoms with Gasteiger partial charge in [0, 0.05) is 18.8 Å². The molecule has 0 aliphatic heterocycles. The van der Waals surface area contributed by atoms with Crippen LogP contribution in [0.2, 0.25) is 0 Å². The molecule has 0 spiro atoms. The SMILES string of the molecule is CC(c1cnn(C)c1)c1nc(C2CC2(Cl)Cl)no1. The molecule has 0 N–H and O–H groups in total. The van der Waals surface area contributed by atoms with Gasteiger partial charge in [0.2, 0.25) is 5.89 Å². The number of halogens is 2. The summed E-state index contributed by atoms with van der Waals surface area (Å²) < 4.78 is 6.29. The Hall–Kier alpha value is -1.07. The van der Waals surface area contributed by atoms with Crippen molar-refractivity contribution in [1.82, 2.24) is 19.9 Å². The van der Waals surface area contributed by atoms with E-state index in [2.05, 4.69) is 15.2 Å². The Kier molecular flexibility index (Phi) is 2.64. The molecule has 0 aromatic carbocycles. The highest BCUT2D eigenvalue weighted by molar-refractivity contribution is 6.51. The Morgan fingerprint density at radius 1 is 1.56 bits per heavy atom. The van der Waals surface area contributed by atoms with Gasteiger partial charge in [0.1, 0.15) is 4.33 Å². The Balaban J connectivity index is 1.81. The summed E-state index contributed by atoms with van der Waals surface area (Å²) in [6.45, 7) is 2.00. The fourth-order valence-corrected chi connectivity index (χ4v) is 2.37. The van der Waals surface area contributed by atoms with Gasteiger partial charge in [-0.3, -0.25) is 4.68 Å². The van der Waals surface area contributed by atoms with Gasteiger partial charge >= 0.3 is 0 Å². The highest BCUT2D eigenvalue weighted by Gasteiger charge is 2.55. The van der Waals surface area contributed by atoms with Crippen LogP contribution in [0.15, 0.2) is 16.9 Å². The summed E-state index contributed by atoms with van der Waals surface area (Å²) in [5.74, 6) is 1.15. The molecule has 2 atom stereocenters. The third-order valence-electron chi connectivity index (χ3n) is 3.19. The van der Waals surface area contributed by atoms with Crippen molar-refractivity contribution in [2.24, 2.45) is 7.05 Å². The number of hydrogen-bond acceptors (Lipinski definition) is 4. The molecule has 1 saturated carbocycles. The molecule has 2 aromatic heterocycles. The molecule has 5 nitrogen and oxygen atoms in total. The van der Waals surface area contributed by atoms with E-state index in [1.165, 1.54) is 0 Å². The van der Waals surface area contributed by atoms with Crippen LogP contribution in [0.4, 0.5) is 0 Å². The third-order valence-corrected chi connectivity index (χ3v) is 4.03. The van der Waals surface area contributed by atoms with Gasteiger partial charge in [-0.2, -0.15) is 10.1 Å². The lowest BCUT2D eigenvalue weighted by Gasteiger charge is -2.01. The van der Waals surface area contributed by atoms with E-state index < -0.39 is 4.33 Å². The summed E-state index contributed by atoms with van der Waals surface area (Å²) in [4.78, 5) is 4.37. The summed E-state index contributed by atoms with van der Waals surface area (Å²) >= 11 is 12.0. The second-order valence-corrected chi connectivity index (χ2v) is 6.22. The van der Waals surface area contributed by atoms with Gasteiger partial charge < -0.3 is 4.52 Å². The Labute approximate surface area is 114 Å². The minimum absolute atomic E-state index is 0.0127. The zero-order valence-electron chi connectivity index (χ0n) is 9.97. The number of rotatable bonds is 3. The average Bonchev–Trinajstić information content (AvgIpc) is 2.78. The molecule has 2 heterocycles. The molecule has 1 aliphatic rings. The van der Waals surface area contributed by atoms with Crippen molar-refractivity contribution >= 4 is 23.2 Å². The van der Waals surface area contributed by atoms with Crippen molar-refractivity contribution in [1.29, 1.82) is 0 Å². The Morgan fingerprint density at radius 3 is 2.83 bits per heavy atom. The number of alkyl halides is 2. The lowest BCUT2D eigenvalue weighted by molar-refractivity contribution is 0.365. The van der Waals surface area contributed by atoms with Crippen LogP contribution >= 0.6 is 23.2 Å². The molecule has 96 valence electrons. The van der Waals surface area contributed by atoms with Gasteiger partial charge in [0.25, 0.3) is 0 Å². The van der Waals surface area contributed by atoms with Gasteiger partial charge in [-0.1, -0.05) is 5.16 Å². The van der Waals surface area contributed by atoms with Crippen LogP contribution < -0.4 is 0 Å². The minimum Gasteiger partial charge on any atom is -0.339 e. The fourth-order valence-electron chi connectivity index (χ4n) is 1.86. The van der Waals surface area contributed by atoms with Crippen molar-refractivity contribution in [3.05, 3.63) is 29.7 Å². The highest BCUT2D eigenvalue weighted by Crippen LogP contribution is 2.58. The van der Waals surface area contributed by atoms with Crippen molar-refractivity contribution < 1.29 is 4.52 Å². The van der Waals surface area contributed by atoms with E-state index in [0.29, 0.717) is 18.1 Å². The van der Waals surface area contributed by atoms with Crippen molar-refractivity contribution in [2.45, 2.75) is 29.5 Å². The smallest absolute Gasteiger partial charge is 0.234 e. The molecule has 0 bridgehead atoms. The molecule has 1 aliphatic carbocycles. The van der Waals surface area contributed by atoms with Gasteiger partial charge in [0.15, 0.2) is 5.82 Å². The van der Waals surface area contributed by atoms with E-state index in [1.807, 2.05) is 20.2 Å². The van der Waals surface area contributed by atoms with Crippen molar-refractivity contribution in [3.63, 3.8) is 0 Å². The maximum Gasteiger partial charge on any atom is 0.234 e. The van der Waals surface area contributed by atoms with Crippen LogP contribution in [0.1, 0.15) is 42.5 Å². The summed E-state index contributed by atoms with van der Waals surface area (Å²) in [5, 5.41) is 8.07. The van der Waals surface area contributed by atoms with E-state index in [0.717, 1.165) is 5.56 Å². The minimum atomic E-state index is -0.724. The molecule has 0 radical (unpaired) electrons. The molecule has 0 saturated heterocycles. The number of hydrogen-bond donors (Lipinski definition) is 0. The normalized spacial score (nSPS) is 23.0. The highest BCUT2D eigenvalue weighted by atomic mass is 35.5. The van der Waals surface area contributed by atoms with Crippen LogP contribution in [0.25, 0.3) is 0 Å². The standard InChI is InChI=1S/C11H12Cl2N4O/c1-6(7-4-14-17(2)5-7)10-15-9(16-18-10)8-3-11(8,12)13/h4-6,8H,3H2,1-2H3. The summed E-state index contributed by atoms with van der Waals surface area (Å²) in [7, 11) is 1.87. The van der Waals surface area contributed by atoms with Crippen LogP contribution in [-0.2, 0) is 7.05 Å². The topological polar surface area (TPSA) is 56.7 Å². The van der Waals surface area contributed by atoms with Gasteiger partial charge in [-0.15, -0.1) is 23.2 Å². The Morgan fingerprint density at radius 2 is 2.28 bits per heavy atom. The van der Waals surface area contributed by atoms with E-state index in [4.69, 9.17) is 27.7 Å². The van der Waals surface area contributed by atoms with E-state index >= 15 is 0 Å². The predicted molar refractivity (Wildman–Crippen MR) is 66.8 cm³/mol. The van der Waals surface area contributed by atoms with Crippen LogP contribution in [0, 0.1) is 0 Å². The Bertz CT molecular complexity index is 577. The lowest BCUT2D eigenvalue weighted by atomic mass is 10.1. The maximum atomic E-state index is 5.98. The van der Waals surface area contributed by atoms with Crippen LogP contribution in [-0.4, -0.2) is 24.3 Å². The number of aryl methyl sites for hydroxylation is 1. The molecule has 7 heteroatoms. The largest absolute Gasteiger partial charge is 0.339 e. The molecule has 18 heavy (non-hydrogen) atoms. The van der Waals surface area contributed by atoms with Gasteiger partial charge in [-0.05, 0) is 13.3 Å². The summed E-state index contributed by atoms with van der Waals surface area (Å²) in [5.41, 5.74) is 1.03. The zero-order valence-corrected chi connectivity index (χ0v) is 11.5. The molecule has 0 amide bonds. The van der Waals surface area contributed by atoms with Gasteiger partial charge in [0.05, 0.1) is 18.0 Å². The molecular formula is C11H12Cl2N4O. The summed E-state index contributed by atoms with van der Waals surface area (Å²) in [6, 6.07) is 0. The van der Waals surface area contributed by atoms with Crippen LogP contribution in [0.5, 0.6) is 0 Å². The van der Waals surface area contributed by atoms with E-state index in [-0.39, 0.29) is 11.8 Å². The van der Waals surface area contributed by atoms with Crippen LogP contribution in [0.3, 0.4) is 0 Å².